The lowest BCUT2D eigenvalue weighted by Gasteiger charge is -2.15. The third-order valence-corrected chi connectivity index (χ3v) is 6.77. The first-order valence-corrected chi connectivity index (χ1v) is 12.6. The van der Waals surface area contributed by atoms with Crippen LogP contribution in [-0.4, -0.2) is 41.8 Å². The van der Waals surface area contributed by atoms with E-state index >= 15 is 0 Å². The number of hydrogen-bond donors (Lipinski definition) is 2. The number of fused-ring (bicyclic) bond motifs is 1. The van der Waals surface area contributed by atoms with Gasteiger partial charge in [-0.2, -0.15) is 0 Å². The summed E-state index contributed by atoms with van der Waals surface area (Å²) in [4.78, 5) is 27.5. The van der Waals surface area contributed by atoms with E-state index in [1.165, 1.54) is 4.90 Å². The first-order chi connectivity index (χ1) is 17.3. The average molecular weight is 505 g/mol. The quantitative estimate of drug-likeness (QED) is 0.259. The molecule has 4 rings (SSSR count). The molecule has 36 heavy (non-hydrogen) atoms. The van der Waals surface area contributed by atoms with Crippen molar-refractivity contribution in [2.75, 3.05) is 25.2 Å². The number of aromatic nitrogens is 1. The number of hydrogen-bond acceptors (Lipinski definition) is 4. The molecule has 8 heteroatoms. The molecule has 0 unspecified atom stereocenters. The lowest BCUT2D eigenvalue weighted by molar-refractivity contribution is -0.121. The number of methoxy groups -OCH3 is 1. The molecule has 1 saturated heterocycles. The van der Waals surface area contributed by atoms with Gasteiger partial charge in [0.1, 0.15) is 12.2 Å². The van der Waals surface area contributed by atoms with Gasteiger partial charge >= 0.3 is 0 Å². The van der Waals surface area contributed by atoms with E-state index in [2.05, 4.69) is 23.6 Å². The van der Waals surface area contributed by atoms with Crippen molar-refractivity contribution < 1.29 is 14.3 Å². The van der Waals surface area contributed by atoms with E-state index < -0.39 is 0 Å². The molecule has 0 radical (unpaired) electrons. The zero-order valence-electron chi connectivity index (χ0n) is 21.2. The summed E-state index contributed by atoms with van der Waals surface area (Å²) in [5.41, 5.74) is 6.39. The van der Waals surface area contributed by atoms with Crippen LogP contribution in [0, 0.1) is 13.8 Å². The Kier molecular flexibility index (Phi) is 7.86. The van der Waals surface area contributed by atoms with Crippen molar-refractivity contribution in [2.45, 2.75) is 40.2 Å². The number of nitrogens with one attached hydrogen (secondary N) is 2. The fraction of sp³-hybridized carbons (Fsp3) is 0.321. The van der Waals surface area contributed by atoms with Crippen molar-refractivity contribution in [1.82, 2.24) is 15.2 Å². The number of carbonyl (C=O) groups is 2. The molecule has 3 aromatic rings. The molecule has 2 aromatic carbocycles. The summed E-state index contributed by atoms with van der Waals surface area (Å²) in [5, 5.41) is 7.37. The van der Waals surface area contributed by atoms with Crippen LogP contribution >= 0.6 is 12.2 Å². The maximum atomic E-state index is 13.4. The van der Waals surface area contributed by atoms with Gasteiger partial charge in [0.25, 0.3) is 5.91 Å². The summed E-state index contributed by atoms with van der Waals surface area (Å²) in [6.07, 6.45) is 5.35. The van der Waals surface area contributed by atoms with Crippen LogP contribution in [0.15, 0.2) is 48.3 Å². The molecule has 0 bridgehead atoms. The van der Waals surface area contributed by atoms with Crippen molar-refractivity contribution >= 4 is 51.8 Å². The van der Waals surface area contributed by atoms with Gasteiger partial charge in [-0.1, -0.05) is 31.2 Å². The summed E-state index contributed by atoms with van der Waals surface area (Å²) >= 11 is 5.51. The topological polar surface area (TPSA) is 75.6 Å². The Morgan fingerprint density at radius 2 is 2.00 bits per heavy atom. The Balaban J connectivity index is 1.66. The van der Waals surface area contributed by atoms with Gasteiger partial charge in [0, 0.05) is 37.4 Å². The number of carbonyl (C=O) groups excluding carboxylic acids is 2. The molecule has 1 aliphatic heterocycles. The second-order valence-electron chi connectivity index (χ2n) is 8.97. The molecule has 0 atom stereocenters. The molecular formula is C28H32N4O3S. The van der Waals surface area contributed by atoms with E-state index in [0.29, 0.717) is 24.0 Å². The third-order valence-electron chi connectivity index (χ3n) is 6.48. The number of benzene rings is 2. The number of thiocarbonyl (C=S) groups is 1. The maximum absolute atomic E-state index is 13.4. The maximum Gasteiger partial charge on any atom is 0.281 e. The summed E-state index contributed by atoms with van der Waals surface area (Å²) < 4.78 is 7.01. The van der Waals surface area contributed by atoms with Crippen molar-refractivity contribution in [3.63, 3.8) is 0 Å². The Morgan fingerprint density at radius 1 is 1.19 bits per heavy atom. The Morgan fingerprint density at radius 3 is 2.72 bits per heavy atom. The second kappa shape index (κ2) is 11.1. The van der Waals surface area contributed by atoms with E-state index in [1.807, 2.05) is 61.0 Å². The van der Waals surface area contributed by atoms with Crippen LogP contribution in [0.4, 0.5) is 5.69 Å². The molecule has 1 aromatic heterocycles. The van der Waals surface area contributed by atoms with Crippen molar-refractivity contribution in [3.8, 4) is 0 Å². The predicted molar refractivity (Wildman–Crippen MR) is 148 cm³/mol. The van der Waals surface area contributed by atoms with Crippen molar-refractivity contribution in [2.24, 2.45) is 0 Å². The van der Waals surface area contributed by atoms with E-state index in [1.54, 1.807) is 7.11 Å². The van der Waals surface area contributed by atoms with Crippen LogP contribution in [0.2, 0.25) is 0 Å². The molecule has 2 amide bonds. The van der Waals surface area contributed by atoms with Crippen LogP contribution in [0.1, 0.15) is 35.6 Å². The Labute approximate surface area is 217 Å². The van der Waals surface area contributed by atoms with E-state index in [9.17, 15) is 9.59 Å². The smallest absolute Gasteiger partial charge is 0.281 e. The minimum Gasteiger partial charge on any atom is -0.385 e. The van der Waals surface area contributed by atoms with Gasteiger partial charge in [-0.25, -0.2) is 0 Å². The fourth-order valence-corrected chi connectivity index (χ4v) is 4.73. The molecule has 2 N–H and O–H groups in total. The number of rotatable bonds is 9. The first kappa shape index (κ1) is 25.6. The SMILES string of the molecule is CCc1cccc2c(/C=C3\NC(=S)N(c4ccc(C)c(C)c4)C3=O)cn(CC(=O)NCCCOC)c12. The van der Waals surface area contributed by atoms with Gasteiger partial charge < -0.3 is 19.9 Å². The second-order valence-corrected chi connectivity index (χ2v) is 9.36. The van der Waals surface area contributed by atoms with Gasteiger partial charge in [0.05, 0.1) is 11.2 Å². The number of ether oxygens (including phenoxy) is 1. The van der Waals surface area contributed by atoms with E-state index in [0.717, 1.165) is 51.7 Å². The van der Waals surface area contributed by atoms with E-state index in [-0.39, 0.29) is 18.4 Å². The lowest BCUT2D eigenvalue weighted by atomic mass is 10.1. The molecule has 0 spiro atoms. The minimum atomic E-state index is -0.202. The number of anilines is 1. The zero-order valence-corrected chi connectivity index (χ0v) is 22.0. The molecule has 188 valence electrons. The third kappa shape index (κ3) is 5.20. The highest BCUT2D eigenvalue weighted by molar-refractivity contribution is 7.80. The van der Waals surface area contributed by atoms with Crippen molar-refractivity contribution in [1.29, 1.82) is 0 Å². The summed E-state index contributed by atoms with van der Waals surface area (Å²) in [6, 6.07) is 12.0. The van der Waals surface area contributed by atoms with Gasteiger partial charge in [-0.3, -0.25) is 14.5 Å². The monoisotopic (exact) mass is 504 g/mol. The molecule has 1 fully saturated rings. The normalized spacial score (nSPS) is 14.7. The highest BCUT2D eigenvalue weighted by atomic mass is 32.1. The number of aryl methyl sites for hydroxylation is 3. The predicted octanol–water partition coefficient (Wildman–Crippen LogP) is 4.24. The van der Waals surface area contributed by atoms with Crippen molar-refractivity contribution in [3.05, 3.63) is 70.5 Å². The Bertz CT molecular complexity index is 1360. The average Bonchev–Trinajstić information content (AvgIpc) is 3.34. The highest BCUT2D eigenvalue weighted by Crippen LogP contribution is 2.29. The van der Waals surface area contributed by atoms with Gasteiger partial charge in [0.2, 0.25) is 5.91 Å². The van der Waals surface area contributed by atoms with E-state index in [4.69, 9.17) is 17.0 Å². The molecular weight excluding hydrogens is 472 g/mol. The molecule has 0 saturated carbocycles. The highest BCUT2D eigenvalue weighted by Gasteiger charge is 2.32. The van der Waals surface area contributed by atoms with Gasteiger partial charge in [-0.15, -0.1) is 0 Å². The minimum absolute atomic E-state index is 0.0646. The number of amides is 2. The zero-order chi connectivity index (χ0) is 25.8. The molecule has 7 nitrogen and oxygen atoms in total. The summed E-state index contributed by atoms with van der Waals surface area (Å²) in [7, 11) is 1.65. The number of nitrogens with zero attached hydrogens (tertiary/aromatic N) is 2. The fourth-order valence-electron chi connectivity index (χ4n) is 4.44. The van der Waals surface area contributed by atoms with Gasteiger partial charge in [-0.05, 0) is 73.8 Å². The number of para-hydroxylation sites is 1. The van der Waals surface area contributed by atoms with Crippen LogP contribution < -0.4 is 15.5 Å². The Hall–Kier alpha value is -3.49. The summed E-state index contributed by atoms with van der Waals surface area (Å²) in [6.45, 7) is 7.50. The van der Waals surface area contributed by atoms with Crippen LogP contribution in [0.3, 0.4) is 0 Å². The standard InChI is InChI=1S/C28H32N4O3S/c1-5-20-8-6-9-23-21(16-31(26(20)23)17-25(33)29-12-7-13-35-4)15-24-27(34)32(28(36)30-24)22-11-10-18(2)19(3)14-22/h6,8-11,14-16H,5,7,12-13,17H2,1-4H3,(H,29,33)(H,30,36)/b24-15-. The summed E-state index contributed by atoms with van der Waals surface area (Å²) in [5.74, 6) is -0.267. The molecule has 1 aliphatic rings. The largest absolute Gasteiger partial charge is 0.385 e. The molecule has 0 aliphatic carbocycles. The first-order valence-electron chi connectivity index (χ1n) is 12.1. The van der Waals surface area contributed by atoms with Crippen LogP contribution in [-0.2, 0) is 27.3 Å². The van der Waals surface area contributed by atoms with Crippen LogP contribution in [0.5, 0.6) is 0 Å². The lowest BCUT2D eigenvalue weighted by Crippen LogP contribution is -2.30. The van der Waals surface area contributed by atoms with Crippen LogP contribution in [0.25, 0.3) is 17.0 Å². The van der Waals surface area contributed by atoms with Gasteiger partial charge in [0.15, 0.2) is 5.11 Å². The molecule has 2 heterocycles.